The van der Waals surface area contributed by atoms with Gasteiger partial charge in [-0.15, -0.1) is 0 Å². The van der Waals surface area contributed by atoms with Gasteiger partial charge in [-0.3, -0.25) is 4.90 Å². The minimum Gasteiger partial charge on any atom is -0.444 e. The molecule has 0 bridgehead atoms. The van der Waals surface area contributed by atoms with E-state index in [-0.39, 0.29) is 18.2 Å². The average Bonchev–Trinajstić information content (AvgIpc) is 2.54. The molecule has 2 heterocycles. The third-order valence-corrected chi connectivity index (χ3v) is 4.58. The number of fused-ring (bicyclic) bond motifs is 1. The number of benzene rings is 1. The van der Waals surface area contributed by atoms with Crippen LogP contribution in [0.25, 0.3) is 0 Å². The summed E-state index contributed by atoms with van der Waals surface area (Å²) >= 11 is 0. The molecule has 2 fully saturated rings. The van der Waals surface area contributed by atoms with Gasteiger partial charge in [-0.1, -0.05) is 30.3 Å². The molecule has 0 aliphatic carbocycles. The lowest BCUT2D eigenvalue weighted by molar-refractivity contribution is -0.105. The zero-order valence-corrected chi connectivity index (χ0v) is 14.9. The van der Waals surface area contributed by atoms with Crippen molar-refractivity contribution in [3.05, 3.63) is 35.9 Å². The Morgan fingerprint density at radius 3 is 2.71 bits per heavy atom. The second-order valence-corrected chi connectivity index (χ2v) is 7.65. The largest absolute Gasteiger partial charge is 0.444 e. The molecule has 2 aliphatic rings. The number of carbonyl (C=O) groups excluding carboxylic acids is 1. The molecule has 0 spiro atoms. The molecule has 0 N–H and O–H groups in total. The number of amides is 1. The molecule has 5 nitrogen and oxygen atoms in total. The Hall–Kier alpha value is -1.59. The van der Waals surface area contributed by atoms with Crippen LogP contribution in [0.3, 0.4) is 0 Å². The molecule has 132 valence electrons. The summed E-state index contributed by atoms with van der Waals surface area (Å²) in [6.45, 7) is 9.66. The van der Waals surface area contributed by atoms with Gasteiger partial charge in [0, 0.05) is 26.2 Å². The van der Waals surface area contributed by atoms with Gasteiger partial charge in [0.1, 0.15) is 5.60 Å². The van der Waals surface area contributed by atoms with Crippen molar-refractivity contribution < 1.29 is 14.3 Å². The van der Waals surface area contributed by atoms with Gasteiger partial charge in [0.2, 0.25) is 0 Å². The van der Waals surface area contributed by atoms with Gasteiger partial charge in [-0.25, -0.2) is 4.79 Å². The van der Waals surface area contributed by atoms with Gasteiger partial charge in [0.15, 0.2) is 0 Å². The Balaban J connectivity index is 1.66. The maximum Gasteiger partial charge on any atom is 0.410 e. The molecule has 0 saturated carbocycles. The third kappa shape index (κ3) is 4.28. The Kier molecular flexibility index (Phi) is 5.11. The lowest BCUT2D eigenvalue weighted by Crippen LogP contribution is -2.60. The quantitative estimate of drug-likeness (QED) is 0.835. The molecule has 1 aromatic rings. The van der Waals surface area contributed by atoms with Gasteiger partial charge >= 0.3 is 6.09 Å². The summed E-state index contributed by atoms with van der Waals surface area (Å²) in [5, 5.41) is 0. The summed E-state index contributed by atoms with van der Waals surface area (Å²) in [5.74, 6) is 0. The smallest absolute Gasteiger partial charge is 0.410 e. The van der Waals surface area contributed by atoms with Crippen molar-refractivity contribution in [2.75, 3.05) is 26.2 Å². The van der Waals surface area contributed by atoms with Gasteiger partial charge in [-0.05, 0) is 32.8 Å². The molecule has 0 radical (unpaired) electrons. The second kappa shape index (κ2) is 7.11. The normalized spacial score (nSPS) is 25.2. The zero-order valence-electron chi connectivity index (χ0n) is 14.9. The molecule has 1 amide bonds. The van der Waals surface area contributed by atoms with Crippen LogP contribution in [0.1, 0.15) is 32.8 Å². The first-order valence-corrected chi connectivity index (χ1v) is 8.80. The van der Waals surface area contributed by atoms with Crippen molar-refractivity contribution >= 4 is 6.09 Å². The average molecular weight is 332 g/mol. The van der Waals surface area contributed by atoms with Crippen molar-refractivity contribution in [1.82, 2.24) is 9.80 Å². The fraction of sp³-hybridized carbons (Fsp3) is 0.632. The Labute approximate surface area is 144 Å². The maximum atomic E-state index is 12.4. The fourth-order valence-electron chi connectivity index (χ4n) is 3.45. The number of rotatable bonds is 2. The molecule has 0 unspecified atom stereocenters. The number of ether oxygens (including phenoxy) is 2. The van der Waals surface area contributed by atoms with Gasteiger partial charge < -0.3 is 14.4 Å². The fourth-order valence-corrected chi connectivity index (χ4v) is 3.45. The summed E-state index contributed by atoms with van der Waals surface area (Å²) in [4.78, 5) is 16.7. The van der Waals surface area contributed by atoms with E-state index < -0.39 is 5.60 Å². The van der Waals surface area contributed by atoms with E-state index in [0.29, 0.717) is 13.1 Å². The van der Waals surface area contributed by atoms with Crippen LogP contribution in [-0.2, 0) is 16.0 Å². The minimum absolute atomic E-state index is 0.209. The van der Waals surface area contributed by atoms with E-state index in [4.69, 9.17) is 9.47 Å². The van der Waals surface area contributed by atoms with Crippen LogP contribution in [0.4, 0.5) is 4.79 Å². The van der Waals surface area contributed by atoms with E-state index in [2.05, 4.69) is 29.2 Å². The molecule has 5 heteroatoms. The van der Waals surface area contributed by atoms with Crippen LogP contribution in [0.15, 0.2) is 30.3 Å². The summed E-state index contributed by atoms with van der Waals surface area (Å²) in [6.07, 6.45) is 0.863. The Morgan fingerprint density at radius 2 is 2.00 bits per heavy atom. The number of hydrogen-bond donors (Lipinski definition) is 0. The first-order valence-electron chi connectivity index (χ1n) is 8.80. The van der Waals surface area contributed by atoms with Crippen molar-refractivity contribution in [2.24, 2.45) is 0 Å². The Bertz CT molecular complexity index is 555. The second-order valence-electron chi connectivity index (χ2n) is 7.65. The van der Waals surface area contributed by atoms with E-state index in [1.54, 1.807) is 0 Å². The molecule has 1 aromatic carbocycles. The van der Waals surface area contributed by atoms with Crippen molar-refractivity contribution in [3.8, 4) is 0 Å². The highest BCUT2D eigenvalue weighted by Crippen LogP contribution is 2.25. The molecule has 3 rings (SSSR count). The SMILES string of the molecule is CC(C)(C)OC(=O)N1CC[C@H]2OCCN(Cc3ccccc3)[C@@H]2C1. The molecular weight excluding hydrogens is 304 g/mol. The summed E-state index contributed by atoms with van der Waals surface area (Å²) < 4.78 is 11.5. The predicted octanol–water partition coefficient (Wildman–Crippen LogP) is 2.90. The molecule has 0 aromatic heterocycles. The van der Waals surface area contributed by atoms with Crippen LogP contribution in [0.2, 0.25) is 0 Å². The number of likely N-dealkylation sites (tertiary alicyclic amines) is 1. The number of piperidine rings is 1. The van der Waals surface area contributed by atoms with E-state index >= 15 is 0 Å². The van der Waals surface area contributed by atoms with Gasteiger partial charge in [-0.2, -0.15) is 0 Å². The highest BCUT2D eigenvalue weighted by atomic mass is 16.6. The van der Waals surface area contributed by atoms with Crippen LogP contribution < -0.4 is 0 Å². The third-order valence-electron chi connectivity index (χ3n) is 4.58. The molecule has 2 aliphatic heterocycles. The van der Waals surface area contributed by atoms with E-state index in [1.165, 1.54) is 5.56 Å². The lowest BCUT2D eigenvalue weighted by atomic mass is 9.98. The van der Waals surface area contributed by atoms with Crippen LogP contribution >= 0.6 is 0 Å². The van der Waals surface area contributed by atoms with Crippen LogP contribution in [0, 0.1) is 0 Å². The van der Waals surface area contributed by atoms with E-state index in [0.717, 1.165) is 26.1 Å². The minimum atomic E-state index is -0.458. The van der Waals surface area contributed by atoms with Crippen LogP contribution in [0.5, 0.6) is 0 Å². The van der Waals surface area contributed by atoms with Crippen molar-refractivity contribution in [1.29, 1.82) is 0 Å². The van der Waals surface area contributed by atoms with Crippen molar-refractivity contribution in [3.63, 3.8) is 0 Å². The van der Waals surface area contributed by atoms with Gasteiger partial charge in [0.25, 0.3) is 0 Å². The molecular formula is C19H28N2O3. The monoisotopic (exact) mass is 332 g/mol. The summed E-state index contributed by atoms with van der Waals surface area (Å²) in [5.41, 5.74) is 0.841. The number of nitrogens with zero attached hydrogens (tertiary/aromatic N) is 2. The Morgan fingerprint density at radius 1 is 1.25 bits per heavy atom. The van der Waals surface area contributed by atoms with E-state index in [9.17, 15) is 4.79 Å². The first-order chi connectivity index (χ1) is 11.4. The molecule has 2 atom stereocenters. The maximum absolute atomic E-state index is 12.4. The molecule has 24 heavy (non-hydrogen) atoms. The summed E-state index contributed by atoms with van der Waals surface area (Å²) in [6, 6.07) is 10.7. The first kappa shape index (κ1) is 17.2. The topological polar surface area (TPSA) is 42.0 Å². The van der Waals surface area contributed by atoms with Crippen molar-refractivity contribution in [2.45, 2.75) is 51.5 Å². The number of carbonyl (C=O) groups is 1. The number of hydrogen-bond acceptors (Lipinski definition) is 4. The number of morpholine rings is 1. The standard InChI is InChI=1S/C19H28N2O3/c1-19(2,3)24-18(22)21-10-9-17-16(14-21)20(11-12-23-17)13-15-7-5-4-6-8-15/h4-8,16-17H,9-14H2,1-3H3/t16-,17-/m1/s1. The summed E-state index contributed by atoms with van der Waals surface area (Å²) in [7, 11) is 0. The molecule has 2 saturated heterocycles. The van der Waals surface area contributed by atoms with Crippen LogP contribution in [-0.4, -0.2) is 59.9 Å². The predicted molar refractivity (Wildman–Crippen MR) is 92.8 cm³/mol. The highest BCUT2D eigenvalue weighted by Gasteiger charge is 2.39. The highest BCUT2D eigenvalue weighted by molar-refractivity contribution is 5.68. The zero-order chi connectivity index (χ0) is 17.2. The lowest BCUT2D eigenvalue weighted by Gasteiger charge is -2.47. The van der Waals surface area contributed by atoms with E-state index in [1.807, 2.05) is 31.7 Å². The van der Waals surface area contributed by atoms with Gasteiger partial charge in [0.05, 0.1) is 18.8 Å².